The molecule has 0 aliphatic carbocycles. The monoisotopic (exact) mass is 499 g/mol. The molecule has 34 heavy (non-hydrogen) atoms. The van der Waals surface area contributed by atoms with Gasteiger partial charge in [-0.05, 0) is 66.6 Å². The summed E-state index contributed by atoms with van der Waals surface area (Å²) in [6.45, 7) is 1.87. The third kappa shape index (κ3) is 6.57. The zero-order valence-corrected chi connectivity index (χ0v) is 19.6. The summed E-state index contributed by atoms with van der Waals surface area (Å²) in [6.07, 6.45) is 1.31. The number of nitrogens with one attached hydrogen (secondary N) is 2. The first-order valence-electron chi connectivity index (χ1n) is 9.83. The molecule has 0 aromatic heterocycles. The van der Waals surface area contributed by atoms with Crippen LogP contribution in [0.2, 0.25) is 10.0 Å². The quantitative estimate of drug-likeness (QED) is 0.169. The van der Waals surface area contributed by atoms with E-state index < -0.39 is 17.8 Å². The van der Waals surface area contributed by atoms with Gasteiger partial charge in [0.05, 0.1) is 23.9 Å². The zero-order chi connectivity index (χ0) is 24.7. The normalized spacial score (nSPS) is 10.6. The van der Waals surface area contributed by atoms with Crippen molar-refractivity contribution in [2.75, 3.05) is 12.4 Å². The minimum atomic E-state index is -0.935. The van der Waals surface area contributed by atoms with Crippen LogP contribution in [-0.2, 0) is 9.59 Å². The zero-order valence-electron chi connectivity index (χ0n) is 18.1. The molecule has 0 heterocycles. The minimum Gasteiger partial charge on any atom is -0.493 e. The summed E-state index contributed by atoms with van der Waals surface area (Å²) in [7, 11) is 1.40. The van der Waals surface area contributed by atoms with Crippen molar-refractivity contribution in [2.24, 2.45) is 5.10 Å². The van der Waals surface area contributed by atoms with Crippen LogP contribution in [0.15, 0.2) is 65.8 Å². The van der Waals surface area contributed by atoms with E-state index in [1.54, 1.807) is 24.3 Å². The topological polar surface area (TPSA) is 106 Å². The number of carbonyl (C=O) groups excluding carboxylic acids is 3. The van der Waals surface area contributed by atoms with Gasteiger partial charge in [0.2, 0.25) is 0 Å². The van der Waals surface area contributed by atoms with Crippen LogP contribution in [0.3, 0.4) is 0 Å². The summed E-state index contributed by atoms with van der Waals surface area (Å²) < 4.78 is 10.6. The molecule has 174 valence electrons. The summed E-state index contributed by atoms with van der Waals surface area (Å²) in [4.78, 5) is 36.4. The van der Waals surface area contributed by atoms with Crippen LogP contribution in [0, 0.1) is 6.92 Å². The lowest BCUT2D eigenvalue weighted by Gasteiger charge is -2.10. The van der Waals surface area contributed by atoms with Crippen molar-refractivity contribution >= 4 is 52.9 Å². The van der Waals surface area contributed by atoms with Gasteiger partial charge >= 0.3 is 17.8 Å². The van der Waals surface area contributed by atoms with E-state index in [0.717, 1.165) is 5.56 Å². The minimum absolute atomic E-state index is 0.144. The van der Waals surface area contributed by atoms with Gasteiger partial charge in [-0.2, -0.15) is 5.10 Å². The highest BCUT2D eigenvalue weighted by atomic mass is 35.5. The lowest BCUT2D eigenvalue weighted by molar-refractivity contribution is -0.136. The molecule has 0 aliphatic heterocycles. The first kappa shape index (κ1) is 24.8. The maximum Gasteiger partial charge on any atom is 0.345 e. The predicted molar refractivity (Wildman–Crippen MR) is 130 cm³/mol. The smallest absolute Gasteiger partial charge is 0.345 e. The summed E-state index contributed by atoms with van der Waals surface area (Å²) in [5.74, 6) is -2.09. The predicted octanol–water partition coefficient (Wildman–Crippen LogP) is 4.62. The Kier molecular flexibility index (Phi) is 8.24. The number of aryl methyl sites for hydroxylation is 1. The number of hydrazone groups is 1. The van der Waals surface area contributed by atoms with E-state index in [-0.39, 0.29) is 22.1 Å². The van der Waals surface area contributed by atoms with E-state index >= 15 is 0 Å². The number of amides is 2. The Labute approximate surface area is 205 Å². The summed E-state index contributed by atoms with van der Waals surface area (Å²) >= 11 is 11.9. The number of nitrogens with zero attached hydrogens (tertiary/aromatic N) is 1. The number of benzene rings is 3. The van der Waals surface area contributed by atoms with Gasteiger partial charge in [0.15, 0.2) is 11.5 Å². The third-order valence-electron chi connectivity index (χ3n) is 4.40. The molecule has 0 bridgehead atoms. The molecule has 0 radical (unpaired) electrons. The highest BCUT2D eigenvalue weighted by Crippen LogP contribution is 2.30. The van der Waals surface area contributed by atoms with Gasteiger partial charge in [-0.3, -0.25) is 9.59 Å². The number of carbonyl (C=O) groups is 3. The van der Waals surface area contributed by atoms with E-state index in [2.05, 4.69) is 15.8 Å². The molecule has 0 fully saturated rings. The fourth-order valence-electron chi connectivity index (χ4n) is 2.79. The Balaban J connectivity index is 1.62. The molecule has 3 aromatic rings. The highest BCUT2D eigenvalue weighted by Gasteiger charge is 2.16. The van der Waals surface area contributed by atoms with Crippen molar-refractivity contribution in [2.45, 2.75) is 6.92 Å². The molecule has 2 amide bonds. The Morgan fingerprint density at radius 1 is 0.941 bits per heavy atom. The summed E-state index contributed by atoms with van der Waals surface area (Å²) in [5, 5.41) is 6.81. The molecule has 3 aromatic carbocycles. The van der Waals surface area contributed by atoms with Gasteiger partial charge < -0.3 is 14.8 Å². The lowest BCUT2D eigenvalue weighted by Crippen LogP contribution is -2.32. The number of methoxy groups -OCH3 is 1. The van der Waals surface area contributed by atoms with Crippen LogP contribution in [0.4, 0.5) is 5.69 Å². The van der Waals surface area contributed by atoms with Crippen LogP contribution in [0.25, 0.3) is 0 Å². The highest BCUT2D eigenvalue weighted by molar-refractivity contribution is 6.39. The van der Waals surface area contributed by atoms with Crippen molar-refractivity contribution in [3.63, 3.8) is 0 Å². The molecular formula is C24H19Cl2N3O5. The molecule has 0 spiro atoms. The summed E-state index contributed by atoms with van der Waals surface area (Å²) in [5.41, 5.74) is 4.25. The second-order valence-corrected chi connectivity index (χ2v) is 7.79. The average molecular weight is 500 g/mol. The fraction of sp³-hybridized carbons (Fsp3) is 0.0833. The van der Waals surface area contributed by atoms with Gasteiger partial charge in [-0.15, -0.1) is 0 Å². The Morgan fingerprint density at radius 2 is 1.74 bits per heavy atom. The van der Waals surface area contributed by atoms with Crippen molar-refractivity contribution in [3.05, 3.63) is 87.4 Å². The molecule has 0 aliphatic rings. The molecule has 10 heteroatoms. The van der Waals surface area contributed by atoms with Gasteiger partial charge in [-0.25, -0.2) is 10.2 Å². The number of ether oxygens (including phenoxy) is 2. The van der Waals surface area contributed by atoms with E-state index in [4.69, 9.17) is 32.7 Å². The number of anilines is 1. The van der Waals surface area contributed by atoms with Crippen LogP contribution in [-0.4, -0.2) is 31.1 Å². The maximum absolute atomic E-state index is 12.4. The van der Waals surface area contributed by atoms with Gasteiger partial charge in [-0.1, -0.05) is 35.3 Å². The molecule has 3 rings (SSSR count). The average Bonchev–Trinajstić information content (AvgIpc) is 2.79. The summed E-state index contributed by atoms with van der Waals surface area (Å²) in [6, 6.07) is 16.1. The van der Waals surface area contributed by atoms with Crippen LogP contribution in [0.1, 0.15) is 21.5 Å². The molecule has 2 N–H and O–H groups in total. The van der Waals surface area contributed by atoms with Crippen molar-refractivity contribution in [3.8, 4) is 11.5 Å². The van der Waals surface area contributed by atoms with Crippen molar-refractivity contribution < 1.29 is 23.9 Å². The van der Waals surface area contributed by atoms with E-state index in [0.29, 0.717) is 16.3 Å². The molecule has 8 nitrogen and oxygen atoms in total. The van der Waals surface area contributed by atoms with E-state index in [9.17, 15) is 14.4 Å². The van der Waals surface area contributed by atoms with Gasteiger partial charge in [0.1, 0.15) is 0 Å². The number of hydrogen-bond donors (Lipinski definition) is 2. The molecule has 0 unspecified atom stereocenters. The lowest BCUT2D eigenvalue weighted by atomic mass is 10.2. The first-order chi connectivity index (χ1) is 16.3. The van der Waals surface area contributed by atoms with Crippen LogP contribution >= 0.6 is 23.2 Å². The second kappa shape index (κ2) is 11.3. The third-order valence-corrected chi connectivity index (χ3v) is 4.95. The SMILES string of the molecule is COc1cc(/C=N\NC(=O)C(=O)Nc2cccc(C)c2)ccc1OC(=O)c1ccc(Cl)cc1Cl. The Hall–Kier alpha value is -3.88. The molecule has 0 saturated carbocycles. The Bertz CT molecular complexity index is 1280. The number of rotatable bonds is 6. The Morgan fingerprint density at radius 3 is 2.44 bits per heavy atom. The second-order valence-electron chi connectivity index (χ2n) is 6.95. The van der Waals surface area contributed by atoms with Gasteiger partial charge in [0, 0.05) is 10.7 Å². The number of esters is 1. The largest absolute Gasteiger partial charge is 0.493 e. The van der Waals surface area contributed by atoms with Crippen LogP contribution < -0.4 is 20.2 Å². The fourth-order valence-corrected chi connectivity index (χ4v) is 3.27. The van der Waals surface area contributed by atoms with E-state index in [1.165, 1.54) is 43.7 Å². The maximum atomic E-state index is 12.4. The van der Waals surface area contributed by atoms with E-state index in [1.807, 2.05) is 13.0 Å². The molecule has 0 saturated heterocycles. The number of hydrogen-bond acceptors (Lipinski definition) is 6. The first-order valence-corrected chi connectivity index (χ1v) is 10.6. The molecular weight excluding hydrogens is 481 g/mol. The molecule has 0 atom stereocenters. The van der Waals surface area contributed by atoms with Gasteiger partial charge in [0.25, 0.3) is 0 Å². The van der Waals surface area contributed by atoms with Crippen molar-refractivity contribution in [1.82, 2.24) is 5.43 Å². The van der Waals surface area contributed by atoms with Crippen LogP contribution in [0.5, 0.6) is 11.5 Å². The number of halogens is 2. The standard InChI is InChI=1S/C24H19Cl2N3O5/c1-14-4-3-5-17(10-14)28-22(30)23(31)29-27-13-15-6-9-20(21(11-15)33-2)34-24(32)18-8-7-16(25)12-19(18)26/h3-13H,1-2H3,(H,28,30)(H,29,31)/b27-13-. The van der Waals surface area contributed by atoms with Crippen molar-refractivity contribution in [1.29, 1.82) is 0 Å².